The van der Waals surface area contributed by atoms with E-state index in [9.17, 15) is 4.79 Å². The topological polar surface area (TPSA) is 63.1 Å². The van der Waals surface area contributed by atoms with Gasteiger partial charge < -0.3 is 5.32 Å². The molecule has 3 aromatic rings. The Morgan fingerprint density at radius 2 is 1.67 bits per heavy atom. The van der Waals surface area contributed by atoms with Crippen molar-refractivity contribution in [2.75, 3.05) is 13.1 Å². The molecule has 27 heavy (non-hydrogen) atoms. The fourth-order valence-electron chi connectivity index (χ4n) is 2.86. The van der Waals surface area contributed by atoms with Gasteiger partial charge in [0.25, 0.3) is 5.91 Å². The number of nitrogens with zero attached hydrogens (tertiary/aromatic N) is 4. The third-order valence-electron chi connectivity index (χ3n) is 4.59. The molecule has 0 spiro atoms. The maximum absolute atomic E-state index is 12.4. The van der Waals surface area contributed by atoms with Crippen LogP contribution in [0.2, 0.25) is 0 Å². The van der Waals surface area contributed by atoms with Crippen LogP contribution in [0, 0.1) is 0 Å². The highest BCUT2D eigenvalue weighted by Gasteiger charge is 2.07. The van der Waals surface area contributed by atoms with Crippen molar-refractivity contribution in [3.63, 3.8) is 0 Å². The van der Waals surface area contributed by atoms with Crippen LogP contribution < -0.4 is 5.32 Å². The Bertz CT molecular complexity index is 837. The standard InChI is InChI=1S/C21H25N5O/c1-3-25(4-2)14-18-7-5-17(6-8-18)13-23-21(27)19-9-11-20(12-10-19)26-16-22-15-24-26/h5-12,15-16H,3-4,13-14H2,1-2H3,(H,23,27). The molecular weight excluding hydrogens is 338 g/mol. The highest BCUT2D eigenvalue weighted by atomic mass is 16.1. The fraction of sp³-hybridized carbons (Fsp3) is 0.286. The molecule has 1 aromatic heterocycles. The van der Waals surface area contributed by atoms with Gasteiger partial charge in [-0.3, -0.25) is 9.69 Å². The first-order valence-corrected chi connectivity index (χ1v) is 9.23. The summed E-state index contributed by atoms with van der Waals surface area (Å²) in [5.41, 5.74) is 3.87. The molecule has 0 aliphatic rings. The van der Waals surface area contributed by atoms with Gasteiger partial charge in [0.2, 0.25) is 0 Å². The van der Waals surface area contributed by atoms with E-state index in [0.717, 1.165) is 30.9 Å². The van der Waals surface area contributed by atoms with E-state index in [2.05, 4.69) is 58.4 Å². The Morgan fingerprint density at radius 3 is 2.26 bits per heavy atom. The van der Waals surface area contributed by atoms with Crippen molar-refractivity contribution < 1.29 is 4.79 Å². The minimum atomic E-state index is -0.0904. The largest absolute Gasteiger partial charge is 0.348 e. The van der Waals surface area contributed by atoms with Gasteiger partial charge in [-0.05, 0) is 48.5 Å². The van der Waals surface area contributed by atoms with Crippen LogP contribution in [-0.4, -0.2) is 38.7 Å². The number of benzene rings is 2. The summed E-state index contributed by atoms with van der Waals surface area (Å²) in [6.07, 6.45) is 3.10. The van der Waals surface area contributed by atoms with E-state index >= 15 is 0 Å². The second-order valence-electron chi connectivity index (χ2n) is 6.35. The Morgan fingerprint density at radius 1 is 1.00 bits per heavy atom. The smallest absolute Gasteiger partial charge is 0.251 e. The van der Waals surface area contributed by atoms with Gasteiger partial charge in [-0.25, -0.2) is 9.67 Å². The van der Waals surface area contributed by atoms with Gasteiger partial charge in [-0.15, -0.1) is 0 Å². The van der Waals surface area contributed by atoms with Crippen molar-refractivity contribution in [2.24, 2.45) is 0 Å². The molecule has 3 rings (SSSR count). The first-order valence-electron chi connectivity index (χ1n) is 9.23. The summed E-state index contributed by atoms with van der Waals surface area (Å²) in [5, 5.41) is 7.04. The third kappa shape index (κ3) is 5.01. The monoisotopic (exact) mass is 363 g/mol. The van der Waals surface area contributed by atoms with Gasteiger partial charge >= 0.3 is 0 Å². The highest BCUT2D eigenvalue weighted by Crippen LogP contribution is 2.10. The van der Waals surface area contributed by atoms with E-state index in [0.29, 0.717) is 12.1 Å². The van der Waals surface area contributed by atoms with Crippen molar-refractivity contribution in [1.29, 1.82) is 0 Å². The number of nitrogens with one attached hydrogen (secondary N) is 1. The molecule has 0 fully saturated rings. The van der Waals surface area contributed by atoms with Gasteiger partial charge in [-0.2, -0.15) is 5.10 Å². The molecule has 6 heteroatoms. The fourth-order valence-corrected chi connectivity index (χ4v) is 2.86. The summed E-state index contributed by atoms with van der Waals surface area (Å²) < 4.78 is 1.65. The molecule has 1 heterocycles. The minimum Gasteiger partial charge on any atom is -0.348 e. The predicted molar refractivity (Wildman–Crippen MR) is 106 cm³/mol. The molecule has 2 aromatic carbocycles. The molecular formula is C21H25N5O. The van der Waals surface area contributed by atoms with Crippen molar-refractivity contribution in [3.8, 4) is 5.69 Å². The molecule has 0 aliphatic heterocycles. The maximum atomic E-state index is 12.4. The molecule has 0 unspecified atom stereocenters. The first kappa shape index (κ1) is 18.8. The average Bonchev–Trinajstić information content (AvgIpc) is 3.26. The minimum absolute atomic E-state index is 0.0904. The lowest BCUT2D eigenvalue weighted by atomic mass is 10.1. The molecule has 0 saturated carbocycles. The van der Waals surface area contributed by atoms with Crippen LogP contribution in [0.5, 0.6) is 0 Å². The van der Waals surface area contributed by atoms with Crippen molar-refractivity contribution in [3.05, 3.63) is 77.9 Å². The van der Waals surface area contributed by atoms with Gasteiger partial charge in [0.1, 0.15) is 12.7 Å². The Labute approximate surface area is 159 Å². The van der Waals surface area contributed by atoms with Gasteiger partial charge in [0.15, 0.2) is 0 Å². The summed E-state index contributed by atoms with van der Waals surface area (Å²) in [6.45, 7) is 7.90. The normalized spacial score (nSPS) is 10.9. The SMILES string of the molecule is CCN(CC)Cc1ccc(CNC(=O)c2ccc(-n3cncn3)cc2)cc1. The Hall–Kier alpha value is -2.99. The molecule has 0 aliphatic carbocycles. The average molecular weight is 363 g/mol. The van der Waals surface area contributed by atoms with Crippen LogP contribution in [0.4, 0.5) is 0 Å². The molecule has 1 amide bonds. The van der Waals surface area contributed by atoms with E-state index in [1.807, 2.05) is 12.1 Å². The number of carbonyl (C=O) groups is 1. The van der Waals surface area contributed by atoms with E-state index < -0.39 is 0 Å². The number of hydrogen-bond acceptors (Lipinski definition) is 4. The molecule has 1 N–H and O–H groups in total. The summed E-state index contributed by atoms with van der Waals surface area (Å²) in [5.74, 6) is -0.0904. The van der Waals surface area contributed by atoms with E-state index in [1.54, 1.807) is 23.1 Å². The summed E-state index contributed by atoms with van der Waals surface area (Å²) in [4.78, 5) is 18.6. The van der Waals surface area contributed by atoms with Crippen LogP contribution in [0.15, 0.2) is 61.2 Å². The molecule has 0 radical (unpaired) electrons. The van der Waals surface area contributed by atoms with E-state index in [4.69, 9.17) is 0 Å². The van der Waals surface area contributed by atoms with E-state index in [1.165, 1.54) is 11.9 Å². The van der Waals surface area contributed by atoms with E-state index in [-0.39, 0.29) is 5.91 Å². The van der Waals surface area contributed by atoms with Crippen LogP contribution >= 0.6 is 0 Å². The van der Waals surface area contributed by atoms with Gasteiger partial charge in [0.05, 0.1) is 5.69 Å². The Balaban J connectivity index is 1.54. The van der Waals surface area contributed by atoms with Crippen LogP contribution in [0.25, 0.3) is 5.69 Å². The lowest BCUT2D eigenvalue weighted by Gasteiger charge is -2.18. The lowest BCUT2D eigenvalue weighted by molar-refractivity contribution is 0.0951. The Kier molecular flexibility index (Phi) is 6.33. The maximum Gasteiger partial charge on any atom is 0.251 e. The molecule has 0 atom stereocenters. The number of hydrogen-bond donors (Lipinski definition) is 1. The zero-order chi connectivity index (χ0) is 19.1. The highest BCUT2D eigenvalue weighted by molar-refractivity contribution is 5.94. The predicted octanol–water partition coefficient (Wildman–Crippen LogP) is 3.04. The summed E-state index contributed by atoms with van der Waals surface area (Å²) in [6, 6.07) is 15.7. The van der Waals surface area contributed by atoms with Crippen molar-refractivity contribution in [2.45, 2.75) is 26.9 Å². The summed E-state index contributed by atoms with van der Waals surface area (Å²) in [7, 11) is 0. The zero-order valence-electron chi connectivity index (χ0n) is 15.8. The number of amides is 1. The van der Waals surface area contributed by atoms with Gasteiger partial charge in [0, 0.05) is 18.7 Å². The summed E-state index contributed by atoms with van der Waals surface area (Å²) >= 11 is 0. The van der Waals surface area contributed by atoms with Crippen LogP contribution in [-0.2, 0) is 13.1 Å². The van der Waals surface area contributed by atoms with Gasteiger partial charge in [-0.1, -0.05) is 38.1 Å². The molecule has 0 bridgehead atoms. The quantitative estimate of drug-likeness (QED) is 0.668. The lowest BCUT2D eigenvalue weighted by Crippen LogP contribution is -2.23. The zero-order valence-corrected chi connectivity index (χ0v) is 15.8. The van der Waals surface area contributed by atoms with Crippen LogP contribution in [0.3, 0.4) is 0 Å². The molecule has 6 nitrogen and oxygen atoms in total. The molecule has 140 valence electrons. The van der Waals surface area contributed by atoms with Crippen molar-refractivity contribution in [1.82, 2.24) is 25.0 Å². The molecule has 0 saturated heterocycles. The number of rotatable bonds is 8. The number of aromatic nitrogens is 3. The number of carbonyl (C=O) groups excluding carboxylic acids is 1. The van der Waals surface area contributed by atoms with Crippen molar-refractivity contribution >= 4 is 5.91 Å². The third-order valence-corrected chi connectivity index (χ3v) is 4.59. The second kappa shape index (κ2) is 9.09. The first-order chi connectivity index (χ1) is 13.2. The van der Waals surface area contributed by atoms with Crippen LogP contribution in [0.1, 0.15) is 35.3 Å². The second-order valence-corrected chi connectivity index (χ2v) is 6.35.